The van der Waals surface area contributed by atoms with Crippen molar-refractivity contribution in [2.75, 3.05) is 0 Å². The molecule has 0 saturated heterocycles. The Bertz CT molecular complexity index is 511. The molecule has 14 heavy (non-hydrogen) atoms. The number of carbonyl (C=O) groups is 1. The quantitative estimate of drug-likeness (QED) is 0.725. The first-order valence-corrected chi connectivity index (χ1v) is 4.45. The molecule has 0 spiro atoms. The number of carbonyl (C=O) groups excluding carboxylic acids is 1. The summed E-state index contributed by atoms with van der Waals surface area (Å²) in [7, 11) is 1.84. The Hall–Kier alpha value is -1.77. The number of fused-ring (bicyclic) bond motifs is 1. The number of aryl methyl sites for hydroxylation is 2. The van der Waals surface area contributed by atoms with Gasteiger partial charge in [-0.1, -0.05) is 11.6 Å². The molecule has 1 aromatic carbocycles. The number of primary amides is 1. The maximum atomic E-state index is 11.1. The molecule has 0 radical (unpaired) electrons. The monoisotopic (exact) mass is 188 g/mol. The first kappa shape index (κ1) is 8.81. The number of hydrogen-bond acceptors (Lipinski definition) is 1. The van der Waals surface area contributed by atoms with E-state index in [0.29, 0.717) is 5.69 Å². The van der Waals surface area contributed by atoms with E-state index in [0.717, 1.165) is 10.9 Å². The van der Waals surface area contributed by atoms with E-state index < -0.39 is 0 Å². The van der Waals surface area contributed by atoms with Crippen molar-refractivity contribution in [3.63, 3.8) is 0 Å². The van der Waals surface area contributed by atoms with Crippen molar-refractivity contribution in [1.82, 2.24) is 4.57 Å². The minimum absolute atomic E-state index is 0.388. The number of benzene rings is 1. The molecule has 0 aliphatic rings. The van der Waals surface area contributed by atoms with Gasteiger partial charge in [-0.15, -0.1) is 0 Å². The van der Waals surface area contributed by atoms with E-state index in [-0.39, 0.29) is 5.91 Å². The van der Waals surface area contributed by atoms with E-state index in [1.807, 2.05) is 42.8 Å². The summed E-state index contributed by atoms with van der Waals surface area (Å²) in [5.41, 5.74) is 8.02. The van der Waals surface area contributed by atoms with Crippen LogP contribution in [0.3, 0.4) is 0 Å². The van der Waals surface area contributed by atoms with Gasteiger partial charge >= 0.3 is 0 Å². The topological polar surface area (TPSA) is 48.0 Å². The van der Waals surface area contributed by atoms with Crippen molar-refractivity contribution in [3.05, 3.63) is 35.5 Å². The molecule has 0 bridgehead atoms. The average molecular weight is 188 g/mol. The number of hydrogen-bond donors (Lipinski definition) is 1. The lowest BCUT2D eigenvalue weighted by atomic mass is 10.2. The Labute approximate surface area is 82.1 Å². The first-order valence-electron chi connectivity index (χ1n) is 4.45. The van der Waals surface area contributed by atoms with Crippen LogP contribution in [0, 0.1) is 6.92 Å². The van der Waals surface area contributed by atoms with Crippen LogP contribution >= 0.6 is 0 Å². The van der Waals surface area contributed by atoms with Gasteiger partial charge in [-0.25, -0.2) is 0 Å². The van der Waals surface area contributed by atoms with Gasteiger partial charge in [-0.3, -0.25) is 4.79 Å². The van der Waals surface area contributed by atoms with Crippen LogP contribution in [0.25, 0.3) is 10.9 Å². The van der Waals surface area contributed by atoms with Gasteiger partial charge in [0.05, 0.1) is 0 Å². The van der Waals surface area contributed by atoms with Crippen LogP contribution in [0.5, 0.6) is 0 Å². The molecule has 0 aliphatic heterocycles. The number of amides is 1. The van der Waals surface area contributed by atoms with E-state index in [1.54, 1.807) is 0 Å². The highest BCUT2D eigenvalue weighted by Crippen LogP contribution is 2.19. The molecule has 3 nitrogen and oxygen atoms in total. The lowest BCUT2D eigenvalue weighted by Gasteiger charge is -1.99. The van der Waals surface area contributed by atoms with E-state index in [9.17, 15) is 4.79 Å². The van der Waals surface area contributed by atoms with E-state index in [2.05, 4.69) is 0 Å². The molecular weight excluding hydrogens is 176 g/mol. The van der Waals surface area contributed by atoms with Gasteiger partial charge in [0.25, 0.3) is 5.91 Å². The predicted octanol–water partition coefficient (Wildman–Crippen LogP) is 1.59. The van der Waals surface area contributed by atoms with Crippen LogP contribution in [-0.4, -0.2) is 10.5 Å². The Morgan fingerprint density at radius 2 is 2.07 bits per heavy atom. The fourth-order valence-electron chi connectivity index (χ4n) is 1.71. The fraction of sp³-hybridized carbons (Fsp3) is 0.182. The Morgan fingerprint density at radius 1 is 1.36 bits per heavy atom. The molecule has 0 unspecified atom stereocenters. The lowest BCUT2D eigenvalue weighted by Crippen LogP contribution is -2.14. The van der Waals surface area contributed by atoms with Crippen molar-refractivity contribution in [2.45, 2.75) is 6.92 Å². The maximum absolute atomic E-state index is 11.1. The molecule has 72 valence electrons. The second-order valence-corrected chi connectivity index (χ2v) is 3.52. The smallest absolute Gasteiger partial charge is 0.265 e. The third-order valence-electron chi connectivity index (χ3n) is 2.45. The Morgan fingerprint density at radius 3 is 2.71 bits per heavy atom. The van der Waals surface area contributed by atoms with Crippen molar-refractivity contribution in [2.24, 2.45) is 12.8 Å². The van der Waals surface area contributed by atoms with Crippen LogP contribution in [-0.2, 0) is 7.05 Å². The summed E-state index contributed by atoms with van der Waals surface area (Å²) >= 11 is 0. The van der Waals surface area contributed by atoms with E-state index in [4.69, 9.17) is 5.73 Å². The van der Waals surface area contributed by atoms with Crippen molar-refractivity contribution in [3.8, 4) is 0 Å². The van der Waals surface area contributed by atoms with Gasteiger partial charge in [-0.2, -0.15) is 0 Å². The summed E-state index contributed by atoms with van der Waals surface area (Å²) in [5.74, 6) is -0.388. The summed E-state index contributed by atoms with van der Waals surface area (Å²) in [5, 5.41) is 1.06. The molecule has 0 aliphatic carbocycles. The first-order chi connectivity index (χ1) is 6.59. The molecule has 1 aromatic heterocycles. The van der Waals surface area contributed by atoms with Gasteiger partial charge < -0.3 is 10.3 Å². The van der Waals surface area contributed by atoms with E-state index >= 15 is 0 Å². The maximum Gasteiger partial charge on any atom is 0.265 e. The molecule has 2 rings (SSSR count). The minimum Gasteiger partial charge on any atom is -0.364 e. The van der Waals surface area contributed by atoms with Gasteiger partial charge in [0.1, 0.15) is 5.69 Å². The Kier molecular flexibility index (Phi) is 1.81. The molecule has 3 heteroatoms. The number of nitrogens with zero attached hydrogens (tertiary/aromatic N) is 1. The molecule has 0 saturated carbocycles. The van der Waals surface area contributed by atoms with Gasteiger partial charge in [0, 0.05) is 18.0 Å². The molecular formula is C11H12N2O. The normalized spacial score (nSPS) is 10.7. The molecule has 0 fully saturated rings. The van der Waals surface area contributed by atoms with Crippen molar-refractivity contribution in [1.29, 1.82) is 0 Å². The van der Waals surface area contributed by atoms with Gasteiger partial charge in [0.2, 0.25) is 0 Å². The number of rotatable bonds is 1. The zero-order valence-corrected chi connectivity index (χ0v) is 8.24. The van der Waals surface area contributed by atoms with Crippen molar-refractivity contribution >= 4 is 16.8 Å². The summed E-state index contributed by atoms with van der Waals surface area (Å²) in [4.78, 5) is 11.1. The third kappa shape index (κ3) is 1.18. The number of nitrogens with two attached hydrogens (primary N) is 1. The van der Waals surface area contributed by atoms with Crippen LogP contribution in [0.1, 0.15) is 16.1 Å². The summed E-state index contributed by atoms with van der Waals surface area (Å²) in [6, 6.07) is 7.89. The second-order valence-electron chi connectivity index (χ2n) is 3.52. The largest absolute Gasteiger partial charge is 0.364 e. The lowest BCUT2D eigenvalue weighted by molar-refractivity contribution is 0.0993. The van der Waals surface area contributed by atoms with Crippen LogP contribution in [0.4, 0.5) is 0 Å². The van der Waals surface area contributed by atoms with E-state index in [1.165, 1.54) is 5.56 Å². The molecule has 2 N–H and O–H groups in total. The predicted molar refractivity (Wildman–Crippen MR) is 56.2 cm³/mol. The minimum atomic E-state index is -0.388. The highest BCUT2D eigenvalue weighted by atomic mass is 16.1. The third-order valence-corrected chi connectivity index (χ3v) is 2.45. The molecule has 1 heterocycles. The van der Waals surface area contributed by atoms with Gasteiger partial charge in [-0.05, 0) is 25.1 Å². The molecule has 2 aromatic rings. The van der Waals surface area contributed by atoms with Crippen LogP contribution in [0.15, 0.2) is 24.3 Å². The standard InChI is InChI=1S/C11H12N2O/c1-7-3-4-9-8(5-7)6-10(11(12)14)13(9)2/h3-6H,1-2H3,(H2,12,14). The van der Waals surface area contributed by atoms with Crippen LogP contribution in [0.2, 0.25) is 0 Å². The van der Waals surface area contributed by atoms with Crippen molar-refractivity contribution < 1.29 is 4.79 Å². The molecule has 0 atom stereocenters. The molecule has 1 amide bonds. The zero-order chi connectivity index (χ0) is 10.3. The van der Waals surface area contributed by atoms with Crippen LogP contribution < -0.4 is 5.73 Å². The number of aromatic nitrogens is 1. The average Bonchev–Trinajstić information content (AvgIpc) is 2.43. The Balaban J connectivity index is 2.79. The fourth-order valence-corrected chi connectivity index (χ4v) is 1.71. The second kappa shape index (κ2) is 2.87. The summed E-state index contributed by atoms with van der Waals surface area (Å²) in [6.07, 6.45) is 0. The summed E-state index contributed by atoms with van der Waals surface area (Å²) < 4.78 is 1.82. The summed E-state index contributed by atoms with van der Waals surface area (Å²) in [6.45, 7) is 2.02. The highest BCUT2D eigenvalue weighted by Gasteiger charge is 2.09. The zero-order valence-electron chi connectivity index (χ0n) is 8.24. The highest BCUT2D eigenvalue weighted by molar-refractivity contribution is 5.97. The SMILES string of the molecule is Cc1ccc2c(c1)cc(C(N)=O)n2C. The van der Waals surface area contributed by atoms with Gasteiger partial charge in [0.15, 0.2) is 0 Å².